The molecule has 0 saturated carbocycles. The molecule has 7 heteroatoms. The third kappa shape index (κ3) is 5.49. The molecule has 1 saturated heterocycles. The van der Waals surface area contributed by atoms with E-state index in [-0.39, 0.29) is 5.91 Å². The summed E-state index contributed by atoms with van der Waals surface area (Å²) in [5.41, 5.74) is 1.24. The number of rotatable bonds is 8. The van der Waals surface area contributed by atoms with Crippen molar-refractivity contribution < 1.29 is 13.9 Å². The molecule has 1 unspecified atom stereocenters. The first-order valence-electron chi connectivity index (χ1n) is 10.3. The molecule has 1 aliphatic heterocycles. The molecule has 1 amide bonds. The Morgan fingerprint density at radius 1 is 1.30 bits per heavy atom. The topological polar surface area (TPSA) is 58.8 Å². The van der Waals surface area contributed by atoms with Crippen LogP contribution in [0.2, 0.25) is 0 Å². The Labute approximate surface area is 181 Å². The minimum Gasteiger partial charge on any atom is -0.493 e. The molecule has 1 aliphatic rings. The Morgan fingerprint density at radius 3 is 2.90 bits per heavy atom. The van der Waals surface area contributed by atoms with E-state index in [1.165, 1.54) is 11.8 Å². The van der Waals surface area contributed by atoms with Gasteiger partial charge in [-0.3, -0.25) is 9.69 Å². The van der Waals surface area contributed by atoms with E-state index in [1.54, 1.807) is 23.5 Å². The van der Waals surface area contributed by atoms with Gasteiger partial charge in [-0.25, -0.2) is 4.98 Å². The van der Waals surface area contributed by atoms with Crippen LogP contribution in [0.5, 0.6) is 5.75 Å². The summed E-state index contributed by atoms with van der Waals surface area (Å²) < 4.78 is 11.3. The van der Waals surface area contributed by atoms with Gasteiger partial charge in [0.25, 0.3) is 5.91 Å². The average molecular weight is 426 g/mol. The maximum Gasteiger partial charge on any atom is 0.289 e. The lowest BCUT2D eigenvalue weighted by Gasteiger charge is -2.32. The zero-order valence-corrected chi connectivity index (χ0v) is 18.0. The average Bonchev–Trinajstić information content (AvgIpc) is 3.47. The number of nitrogens with zero attached hydrogens (tertiary/aromatic N) is 3. The van der Waals surface area contributed by atoms with E-state index in [2.05, 4.69) is 29.1 Å². The summed E-state index contributed by atoms with van der Waals surface area (Å²) >= 11 is 1.68. The van der Waals surface area contributed by atoms with Crippen molar-refractivity contribution >= 4 is 17.2 Å². The second kappa shape index (κ2) is 9.91. The quantitative estimate of drug-likeness (QED) is 0.539. The number of thiazole rings is 1. The second-order valence-corrected chi connectivity index (χ2v) is 8.77. The smallest absolute Gasteiger partial charge is 0.289 e. The number of carbonyl (C=O) groups is 1. The van der Waals surface area contributed by atoms with E-state index >= 15 is 0 Å². The van der Waals surface area contributed by atoms with Crippen molar-refractivity contribution in [2.45, 2.75) is 25.9 Å². The second-order valence-electron chi connectivity index (χ2n) is 7.79. The number of amides is 1. The van der Waals surface area contributed by atoms with Crippen molar-refractivity contribution in [3.05, 3.63) is 70.6 Å². The zero-order chi connectivity index (χ0) is 20.8. The maximum absolute atomic E-state index is 12.5. The minimum atomic E-state index is -0.0316. The SMILES string of the molecule is CN(Cc1ccc(OCC2CCCN(C(=O)c3ccco3)C2)cc1)Cc1nccs1. The Kier molecular flexibility index (Phi) is 6.81. The fourth-order valence-electron chi connectivity index (χ4n) is 3.78. The molecule has 0 aliphatic carbocycles. The number of ether oxygens (including phenoxy) is 1. The minimum absolute atomic E-state index is 0.0316. The van der Waals surface area contributed by atoms with Crippen LogP contribution in [0.3, 0.4) is 0 Å². The summed E-state index contributed by atoms with van der Waals surface area (Å²) in [6.45, 7) is 3.82. The molecule has 4 rings (SSSR count). The number of likely N-dealkylation sites (tertiary alicyclic amines) is 1. The molecule has 158 valence electrons. The standard InChI is InChI=1S/C23H27N3O3S/c1-25(16-22-24-10-13-30-22)14-18-6-8-20(9-7-18)29-17-19-4-2-11-26(15-19)23(27)21-5-3-12-28-21/h3,5-10,12-13,19H,2,4,11,14-17H2,1H3. The molecular formula is C23H27N3O3S. The normalized spacial score (nSPS) is 16.7. The molecule has 1 aromatic carbocycles. The first kappa shape index (κ1) is 20.6. The van der Waals surface area contributed by atoms with Crippen LogP contribution >= 0.6 is 11.3 Å². The van der Waals surface area contributed by atoms with Crippen molar-refractivity contribution in [3.8, 4) is 5.75 Å². The van der Waals surface area contributed by atoms with Crippen LogP contribution in [0.4, 0.5) is 0 Å². The molecule has 0 spiro atoms. The number of hydrogen-bond acceptors (Lipinski definition) is 6. The molecule has 3 aromatic rings. The maximum atomic E-state index is 12.5. The van der Waals surface area contributed by atoms with Gasteiger partial charge in [0.2, 0.25) is 0 Å². The van der Waals surface area contributed by atoms with Crippen LogP contribution < -0.4 is 4.74 Å². The van der Waals surface area contributed by atoms with Gasteiger partial charge in [-0.05, 0) is 49.7 Å². The lowest BCUT2D eigenvalue weighted by atomic mass is 9.98. The first-order valence-corrected chi connectivity index (χ1v) is 11.2. The summed E-state index contributed by atoms with van der Waals surface area (Å²) in [6, 6.07) is 11.8. The number of piperidine rings is 1. The Bertz CT molecular complexity index is 910. The molecule has 6 nitrogen and oxygen atoms in total. The van der Waals surface area contributed by atoms with Gasteiger partial charge in [-0.2, -0.15) is 0 Å². The van der Waals surface area contributed by atoms with E-state index < -0.39 is 0 Å². The largest absolute Gasteiger partial charge is 0.493 e. The monoisotopic (exact) mass is 425 g/mol. The van der Waals surface area contributed by atoms with Crippen molar-refractivity contribution in [1.29, 1.82) is 0 Å². The van der Waals surface area contributed by atoms with Crippen LogP contribution in [0.1, 0.15) is 34.0 Å². The third-order valence-electron chi connectivity index (χ3n) is 5.29. The predicted octanol–water partition coefficient (Wildman–Crippen LogP) is 4.30. The van der Waals surface area contributed by atoms with Crippen LogP contribution in [-0.2, 0) is 13.1 Å². The van der Waals surface area contributed by atoms with Gasteiger partial charge < -0.3 is 14.1 Å². The lowest BCUT2D eigenvalue weighted by molar-refractivity contribution is 0.0602. The van der Waals surface area contributed by atoms with E-state index in [0.717, 1.165) is 43.2 Å². The van der Waals surface area contributed by atoms with Crippen LogP contribution in [-0.4, -0.2) is 47.4 Å². The molecule has 3 heterocycles. The summed E-state index contributed by atoms with van der Waals surface area (Å²) in [5.74, 6) is 1.58. The Hall–Kier alpha value is -2.64. The van der Waals surface area contributed by atoms with Gasteiger partial charge in [-0.1, -0.05) is 12.1 Å². The van der Waals surface area contributed by atoms with Crippen molar-refractivity contribution in [3.63, 3.8) is 0 Å². The highest BCUT2D eigenvalue weighted by atomic mass is 32.1. The van der Waals surface area contributed by atoms with E-state index in [1.807, 2.05) is 28.6 Å². The fraction of sp³-hybridized carbons (Fsp3) is 0.391. The molecule has 30 heavy (non-hydrogen) atoms. The molecular weight excluding hydrogens is 398 g/mol. The molecule has 0 N–H and O–H groups in total. The summed E-state index contributed by atoms with van der Waals surface area (Å²) in [7, 11) is 2.10. The van der Waals surface area contributed by atoms with E-state index in [4.69, 9.17) is 9.15 Å². The van der Waals surface area contributed by atoms with Crippen molar-refractivity contribution in [2.75, 3.05) is 26.7 Å². The summed E-state index contributed by atoms with van der Waals surface area (Å²) in [5, 5.41) is 3.14. The predicted molar refractivity (Wildman–Crippen MR) is 117 cm³/mol. The third-order valence-corrected chi connectivity index (χ3v) is 6.05. The van der Waals surface area contributed by atoms with Crippen LogP contribution in [0.25, 0.3) is 0 Å². The molecule has 0 radical (unpaired) electrons. The van der Waals surface area contributed by atoms with Crippen LogP contribution in [0.15, 0.2) is 58.7 Å². The highest BCUT2D eigenvalue weighted by Crippen LogP contribution is 2.21. The number of furan rings is 1. The molecule has 1 fully saturated rings. The van der Waals surface area contributed by atoms with E-state index in [0.29, 0.717) is 24.8 Å². The van der Waals surface area contributed by atoms with Crippen LogP contribution in [0, 0.1) is 5.92 Å². The number of carbonyl (C=O) groups excluding carboxylic acids is 1. The number of benzene rings is 1. The van der Waals surface area contributed by atoms with Gasteiger partial charge in [0.15, 0.2) is 5.76 Å². The van der Waals surface area contributed by atoms with Gasteiger partial charge in [0.1, 0.15) is 10.8 Å². The highest BCUT2D eigenvalue weighted by Gasteiger charge is 2.26. The number of hydrogen-bond donors (Lipinski definition) is 0. The Morgan fingerprint density at radius 2 is 2.17 bits per heavy atom. The van der Waals surface area contributed by atoms with Gasteiger partial charge in [0.05, 0.1) is 19.4 Å². The number of aromatic nitrogens is 1. The highest BCUT2D eigenvalue weighted by molar-refractivity contribution is 7.09. The van der Waals surface area contributed by atoms with Gasteiger partial charge in [0, 0.05) is 37.1 Å². The fourth-order valence-corrected chi connectivity index (χ4v) is 4.47. The molecule has 2 aromatic heterocycles. The van der Waals surface area contributed by atoms with Crippen molar-refractivity contribution in [1.82, 2.24) is 14.8 Å². The molecule has 0 bridgehead atoms. The molecule has 1 atom stereocenters. The van der Waals surface area contributed by atoms with Gasteiger partial charge in [-0.15, -0.1) is 11.3 Å². The lowest BCUT2D eigenvalue weighted by Crippen LogP contribution is -2.41. The first-order chi connectivity index (χ1) is 14.7. The zero-order valence-electron chi connectivity index (χ0n) is 17.2. The Balaban J connectivity index is 1.24. The van der Waals surface area contributed by atoms with E-state index in [9.17, 15) is 4.79 Å². The summed E-state index contributed by atoms with van der Waals surface area (Å²) in [4.78, 5) is 21.0. The van der Waals surface area contributed by atoms with Gasteiger partial charge >= 0.3 is 0 Å². The summed E-state index contributed by atoms with van der Waals surface area (Å²) in [6.07, 6.45) is 5.45. The van der Waals surface area contributed by atoms with Crippen molar-refractivity contribution in [2.24, 2.45) is 5.92 Å².